The molecule has 0 saturated carbocycles. The zero-order valence-electron chi connectivity index (χ0n) is 9.02. The first-order chi connectivity index (χ1) is 6.91. The van der Waals surface area contributed by atoms with Gasteiger partial charge in [-0.1, -0.05) is 6.92 Å². The molecule has 0 heterocycles. The van der Waals surface area contributed by atoms with Gasteiger partial charge in [0, 0.05) is 12.6 Å². The van der Waals surface area contributed by atoms with Gasteiger partial charge < -0.3 is 10.5 Å². The molecule has 3 N–H and O–H groups in total. The minimum absolute atomic E-state index is 0.146. The molecule has 0 amide bonds. The van der Waals surface area contributed by atoms with E-state index in [1.807, 2.05) is 6.92 Å². The lowest BCUT2D eigenvalue weighted by atomic mass is 10.2. The van der Waals surface area contributed by atoms with E-state index < -0.39 is 16.0 Å². The summed E-state index contributed by atoms with van der Waals surface area (Å²) < 4.78 is 29.3. The lowest BCUT2D eigenvalue weighted by molar-refractivity contribution is -0.140. The molecule has 0 aromatic carbocycles. The number of methoxy groups -OCH3 is 1. The molecule has 6 nitrogen and oxygen atoms in total. The minimum Gasteiger partial charge on any atom is -0.469 e. The lowest BCUT2D eigenvalue weighted by Gasteiger charge is -2.10. The van der Waals surface area contributed by atoms with E-state index in [0.717, 1.165) is 0 Å². The topological polar surface area (TPSA) is 98.5 Å². The van der Waals surface area contributed by atoms with E-state index in [1.54, 1.807) is 0 Å². The van der Waals surface area contributed by atoms with E-state index in [0.29, 0.717) is 6.42 Å². The van der Waals surface area contributed by atoms with Gasteiger partial charge >= 0.3 is 5.97 Å². The van der Waals surface area contributed by atoms with Crippen molar-refractivity contribution in [3.8, 4) is 0 Å². The second kappa shape index (κ2) is 6.76. The smallest absolute Gasteiger partial charge is 0.306 e. The van der Waals surface area contributed by atoms with Gasteiger partial charge in [0.2, 0.25) is 10.0 Å². The fourth-order valence-corrected chi connectivity index (χ4v) is 1.82. The van der Waals surface area contributed by atoms with Crippen LogP contribution in [0.5, 0.6) is 0 Å². The summed E-state index contributed by atoms with van der Waals surface area (Å²) in [6.45, 7) is 2.06. The Kier molecular flexibility index (Phi) is 6.46. The van der Waals surface area contributed by atoms with Crippen molar-refractivity contribution in [3.63, 3.8) is 0 Å². The summed E-state index contributed by atoms with van der Waals surface area (Å²) in [7, 11) is -2.21. The van der Waals surface area contributed by atoms with Gasteiger partial charge in [-0.3, -0.25) is 4.79 Å². The first-order valence-corrected chi connectivity index (χ1v) is 6.36. The summed E-state index contributed by atoms with van der Waals surface area (Å²) in [4.78, 5) is 10.7. The molecule has 1 unspecified atom stereocenters. The van der Waals surface area contributed by atoms with Gasteiger partial charge in [-0.05, 0) is 6.42 Å². The number of rotatable bonds is 7. The predicted octanol–water partition coefficient (Wildman–Crippen LogP) is -0.794. The molecule has 15 heavy (non-hydrogen) atoms. The molecule has 7 heteroatoms. The molecule has 0 fully saturated rings. The monoisotopic (exact) mass is 238 g/mol. The average Bonchev–Trinajstić information content (AvgIpc) is 2.22. The van der Waals surface area contributed by atoms with E-state index in [2.05, 4.69) is 9.46 Å². The second-order valence-electron chi connectivity index (χ2n) is 3.16. The minimum atomic E-state index is -3.42. The van der Waals surface area contributed by atoms with Gasteiger partial charge in [0.25, 0.3) is 0 Å². The van der Waals surface area contributed by atoms with Crippen molar-refractivity contribution in [2.24, 2.45) is 5.73 Å². The Morgan fingerprint density at radius 3 is 2.60 bits per heavy atom. The van der Waals surface area contributed by atoms with Gasteiger partial charge in [-0.25, -0.2) is 13.1 Å². The van der Waals surface area contributed by atoms with E-state index >= 15 is 0 Å². The highest BCUT2D eigenvalue weighted by molar-refractivity contribution is 7.89. The van der Waals surface area contributed by atoms with Crippen molar-refractivity contribution >= 4 is 16.0 Å². The highest BCUT2D eigenvalue weighted by atomic mass is 32.2. The zero-order chi connectivity index (χ0) is 11.9. The number of carbonyl (C=O) groups excluding carboxylic acids is 1. The number of hydrogen-bond acceptors (Lipinski definition) is 5. The number of nitrogens with two attached hydrogens (primary N) is 1. The van der Waals surface area contributed by atoms with Crippen LogP contribution in [0.2, 0.25) is 0 Å². The van der Waals surface area contributed by atoms with Gasteiger partial charge in [-0.15, -0.1) is 0 Å². The summed E-state index contributed by atoms with van der Waals surface area (Å²) in [5.41, 5.74) is 5.54. The highest BCUT2D eigenvalue weighted by Crippen LogP contribution is 1.93. The van der Waals surface area contributed by atoms with Crippen LogP contribution in [0.1, 0.15) is 19.8 Å². The van der Waals surface area contributed by atoms with Crippen molar-refractivity contribution in [2.45, 2.75) is 25.8 Å². The SMILES string of the molecule is CCC(N)CNS(=O)(=O)CCC(=O)OC. The largest absolute Gasteiger partial charge is 0.469 e. The first kappa shape index (κ1) is 14.3. The molecule has 0 aliphatic rings. The quantitative estimate of drug-likeness (QED) is 0.566. The maximum Gasteiger partial charge on any atom is 0.306 e. The van der Waals surface area contributed by atoms with Crippen LogP contribution < -0.4 is 10.5 Å². The van der Waals surface area contributed by atoms with Crippen molar-refractivity contribution in [3.05, 3.63) is 0 Å². The van der Waals surface area contributed by atoms with Crippen molar-refractivity contribution < 1.29 is 17.9 Å². The maximum absolute atomic E-state index is 11.3. The molecule has 0 rings (SSSR count). The summed E-state index contributed by atoms with van der Waals surface area (Å²) in [6.07, 6.45) is 0.548. The van der Waals surface area contributed by atoms with E-state index in [9.17, 15) is 13.2 Å². The fourth-order valence-electron chi connectivity index (χ4n) is 0.770. The van der Waals surface area contributed by atoms with Crippen LogP contribution >= 0.6 is 0 Å². The van der Waals surface area contributed by atoms with Gasteiger partial charge in [0.15, 0.2) is 0 Å². The molecule has 0 aliphatic heterocycles. The Bertz CT molecular complexity index is 289. The van der Waals surface area contributed by atoms with Crippen LogP contribution in [0.4, 0.5) is 0 Å². The molecule has 0 spiro atoms. The zero-order valence-corrected chi connectivity index (χ0v) is 9.84. The molecule has 1 atom stereocenters. The third kappa shape index (κ3) is 7.29. The second-order valence-corrected chi connectivity index (χ2v) is 5.09. The molecule has 0 aliphatic carbocycles. The van der Waals surface area contributed by atoms with Crippen LogP contribution in [0.25, 0.3) is 0 Å². The van der Waals surface area contributed by atoms with Crippen molar-refractivity contribution in [2.75, 3.05) is 19.4 Å². The van der Waals surface area contributed by atoms with E-state index in [-0.39, 0.29) is 24.8 Å². The van der Waals surface area contributed by atoms with Crippen LogP contribution in [-0.2, 0) is 19.6 Å². The molecule has 0 radical (unpaired) electrons. The Morgan fingerprint density at radius 1 is 1.53 bits per heavy atom. The molecular formula is C8H18N2O4S. The normalized spacial score (nSPS) is 13.5. The Balaban J connectivity index is 3.93. The molecule has 0 aromatic rings. The van der Waals surface area contributed by atoms with Crippen LogP contribution in [-0.4, -0.2) is 39.8 Å². The standard InChI is InChI=1S/C8H18N2O4S/c1-3-7(9)6-10-15(12,13)5-4-8(11)14-2/h7,10H,3-6,9H2,1-2H3. The van der Waals surface area contributed by atoms with Crippen LogP contribution in [0.3, 0.4) is 0 Å². The summed E-state index contributed by atoms with van der Waals surface area (Å²) >= 11 is 0. The number of esters is 1. The number of sulfonamides is 1. The maximum atomic E-state index is 11.3. The third-order valence-electron chi connectivity index (χ3n) is 1.89. The highest BCUT2D eigenvalue weighted by Gasteiger charge is 2.14. The van der Waals surface area contributed by atoms with Crippen LogP contribution in [0, 0.1) is 0 Å². The summed E-state index contributed by atoms with van der Waals surface area (Å²) in [5.74, 6) is -0.809. The number of ether oxygens (including phenoxy) is 1. The average molecular weight is 238 g/mol. The fraction of sp³-hybridized carbons (Fsp3) is 0.875. The summed E-state index contributed by atoms with van der Waals surface area (Å²) in [6, 6.07) is -0.196. The van der Waals surface area contributed by atoms with Crippen LogP contribution in [0.15, 0.2) is 0 Å². The Morgan fingerprint density at radius 2 is 2.13 bits per heavy atom. The lowest BCUT2D eigenvalue weighted by Crippen LogP contribution is -2.38. The Hall–Kier alpha value is -0.660. The molecular weight excluding hydrogens is 220 g/mol. The number of hydrogen-bond donors (Lipinski definition) is 2. The number of nitrogens with one attached hydrogen (secondary N) is 1. The number of carbonyl (C=O) groups is 1. The molecule has 0 aromatic heterocycles. The molecule has 0 bridgehead atoms. The predicted molar refractivity (Wildman–Crippen MR) is 56.7 cm³/mol. The summed E-state index contributed by atoms with van der Waals surface area (Å²) in [5, 5.41) is 0. The molecule has 0 saturated heterocycles. The third-order valence-corrected chi connectivity index (χ3v) is 3.24. The molecule has 90 valence electrons. The Labute approximate surface area is 90.2 Å². The first-order valence-electron chi connectivity index (χ1n) is 4.71. The van der Waals surface area contributed by atoms with Crippen molar-refractivity contribution in [1.82, 2.24) is 4.72 Å². The van der Waals surface area contributed by atoms with Crippen molar-refractivity contribution in [1.29, 1.82) is 0 Å². The van der Waals surface area contributed by atoms with Gasteiger partial charge in [-0.2, -0.15) is 0 Å². The van der Waals surface area contributed by atoms with Gasteiger partial charge in [0.1, 0.15) is 0 Å². The van der Waals surface area contributed by atoms with E-state index in [4.69, 9.17) is 5.73 Å². The van der Waals surface area contributed by atoms with Gasteiger partial charge in [0.05, 0.1) is 19.3 Å². The van der Waals surface area contributed by atoms with E-state index in [1.165, 1.54) is 7.11 Å².